The van der Waals surface area contributed by atoms with Crippen molar-refractivity contribution < 1.29 is 19.4 Å². The third-order valence-corrected chi connectivity index (χ3v) is 5.68. The van der Waals surface area contributed by atoms with Crippen LogP contribution in [-0.2, 0) is 9.59 Å². The first-order valence-corrected chi connectivity index (χ1v) is 10.8. The minimum absolute atomic E-state index is 0.0889. The van der Waals surface area contributed by atoms with Crippen molar-refractivity contribution in [1.82, 2.24) is 10.2 Å². The Morgan fingerprint density at radius 1 is 1.00 bits per heavy atom. The summed E-state index contributed by atoms with van der Waals surface area (Å²) < 4.78 is 0. The maximum Gasteiger partial charge on any atom is 0.278 e. The van der Waals surface area contributed by atoms with Gasteiger partial charge >= 0.3 is 0 Å². The zero-order valence-electron chi connectivity index (χ0n) is 18.1. The second-order valence-electron chi connectivity index (χ2n) is 9.33. The van der Waals surface area contributed by atoms with Crippen LogP contribution in [0, 0.1) is 0 Å². The quantitative estimate of drug-likeness (QED) is 0.594. The summed E-state index contributed by atoms with van der Waals surface area (Å²) in [7, 11) is 0. The maximum absolute atomic E-state index is 12.7. The second kappa shape index (κ2) is 9.55. The zero-order valence-corrected chi connectivity index (χ0v) is 18.1. The number of amides is 2. The van der Waals surface area contributed by atoms with E-state index in [1.807, 2.05) is 31.7 Å². The Balaban J connectivity index is 1.40. The molecule has 1 saturated heterocycles. The number of carbonyl (C=O) groups excluding carboxylic acids is 2. The van der Waals surface area contributed by atoms with E-state index in [9.17, 15) is 9.59 Å². The molecule has 1 fully saturated rings. The first-order valence-electron chi connectivity index (χ1n) is 10.8. The van der Waals surface area contributed by atoms with Gasteiger partial charge in [0.1, 0.15) is 0 Å². The highest BCUT2D eigenvalue weighted by Gasteiger charge is 2.28. The van der Waals surface area contributed by atoms with E-state index in [0.717, 1.165) is 45.7 Å². The van der Waals surface area contributed by atoms with Gasteiger partial charge in [-0.2, -0.15) is 0 Å². The van der Waals surface area contributed by atoms with Crippen LogP contribution in [0.25, 0.3) is 5.57 Å². The molecule has 0 saturated carbocycles. The van der Waals surface area contributed by atoms with E-state index in [0.29, 0.717) is 13.1 Å². The molecular formula is C23H36N4O2+2. The lowest BCUT2D eigenvalue weighted by molar-refractivity contribution is -0.897. The molecule has 158 valence electrons. The van der Waals surface area contributed by atoms with E-state index in [2.05, 4.69) is 35.7 Å². The predicted octanol–water partition coefficient (Wildman–Crippen LogP) is -1.000. The third-order valence-electron chi connectivity index (χ3n) is 5.68. The predicted molar refractivity (Wildman–Crippen MR) is 115 cm³/mol. The smallest absolute Gasteiger partial charge is 0.278 e. The lowest BCUT2D eigenvalue weighted by atomic mass is 9.99. The Morgan fingerprint density at radius 3 is 2.28 bits per heavy atom. The molecule has 0 bridgehead atoms. The topological polar surface area (TPSA) is 58.3 Å². The highest BCUT2D eigenvalue weighted by Crippen LogP contribution is 2.17. The fraction of sp³-hybridized carbons (Fsp3) is 0.565. The molecule has 1 unspecified atom stereocenters. The number of hydrogen-bond donors (Lipinski definition) is 3. The molecule has 2 aliphatic rings. The zero-order chi connectivity index (χ0) is 20.9. The first kappa shape index (κ1) is 21.5. The van der Waals surface area contributed by atoms with Crippen LogP contribution in [0.2, 0.25) is 0 Å². The van der Waals surface area contributed by atoms with Crippen LogP contribution in [0.4, 0.5) is 0 Å². The van der Waals surface area contributed by atoms with Gasteiger partial charge in [0, 0.05) is 12.0 Å². The molecule has 1 aromatic carbocycles. The van der Waals surface area contributed by atoms with Gasteiger partial charge in [0.05, 0.1) is 39.3 Å². The molecule has 1 atom stereocenters. The van der Waals surface area contributed by atoms with Crippen LogP contribution in [-0.4, -0.2) is 74.6 Å². The molecule has 29 heavy (non-hydrogen) atoms. The number of nitrogens with one attached hydrogen (secondary N) is 3. The summed E-state index contributed by atoms with van der Waals surface area (Å²) in [5.41, 5.74) is 2.50. The van der Waals surface area contributed by atoms with Crippen LogP contribution in [0.1, 0.15) is 32.8 Å². The monoisotopic (exact) mass is 400 g/mol. The fourth-order valence-corrected chi connectivity index (χ4v) is 4.12. The molecule has 0 radical (unpaired) electrons. The van der Waals surface area contributed by atoms with Gasteiger partial charge in [-0.1, -0.05) is 30.3 Å². The molecular weight excluding hydrogens is 364 g/mol. The Kier molecular flexibility index (Phi) is 7.09. The lowest BCUT2D eigenvalue weighted by Crippen LogP contribution is -3.16. The number of rotatable bonds is 5. The molecule has 0 aromatic heterocycles. The summed E-state index contributed by atoms with van der Waals surface area (Å²) >= 11 is 0. The minimum atomic E-state index is -0.194. The standard InChI is InChI=1S/C23H34N4O2/c1-23(2,3)24-21(28)17-26-13-15-27(16-14-26)22(29)18-25-11-9-20(10-12-25)19-7-5-4-6-8-19/h4-9H,10-18H2,1-3H3,(H,24,28)/p+2. The van der Waals surface area contributed by atoms with Gasteiger partial charge < -0.3 is 20.0 Å². The number of benzene rings is 1. The highest BCUT2D eigenvalue weighted by molar-refractivity contribution is 5.78. The van der Waals surface area contributed by atoms with Crippen molar-refractivity contribution in [2.24, 2.45) is 0 Å². The van der Waals surface area contributed by atoms with Crippen LogP contribution in [0.5, 0.6) is 0 Å². The van der Waals surface area contributed by atoms with Crippen LogP contribution in [0.3, 0.4) is 0 Å². The molecule has 0 aliphatic carbocycles. The molecule has 2 heterocycles. The van der Waals surface area contributed by atoms with Crippen LogP contribution >= 0.6 is 0 Å². The van der Waals surface area contributed by atoms with Crippen molar-refractivity contribution in [3.63, 3.8) is 0 Å². The number of hydrogen-bond acceptors (Lipinski definition) is 2. The largest absolute Gasteiger partial charge is 0.347 e. The summed E-state index contributed by atoms with van der Waals surface area (Å²) in [5.74, 6) is 0.334. The van der Waals surface area contributed by atoms with Crippen molar-refractivity contribution in [2.45, 2.75) is 32.7 Å². The summed E-state index contributed by atoms with van der Waals surface area (Å²) in [6.45, 7) is 12.1. The summed E-state index contributed by atoms with van der Waals surface area (Å²) in [4.78, 5) is 29.4. The van der Waals surface area contributed by atoms with E-state index < -0.39 is 0 Å². The van der Waals surface area contributed by atoms with E-state index in [4.69, 9.17) is 0 Å². The fourth-order valence-electron chi connectivity index (χ4n) is 4.12. The van der Waals surface area contributed by atoms with Gasteiger partial charge in [0.2, 0.25) is 0 Å². The van der Waals surface area contributed by atoms with Crippen LogP contribution in [0.15, 0.2) is 36.4 Å². The Morgan fingerprint density at radius 2 is 1.69 bits per heavy atom. The van der Waals surface area contributed by atoms with E-state index in [1.54, 1.807) is 0 Å². The van der Waals surface area contributed by atoms with E-state index >= 15 is 0 Å². The van der Waals surface area contributed by atoms with Gasteiger partial charge in [-0.3, -0.25) is 9.59 Å². The van der Waals surface area contributed by atoms with Gasteiger partial charge in [0.15, 0.2) is 13.1 Å². The average Bonchev–Trinajstić information content (AvgIpc) is 2.68. The molecule has 6 heteroatoms. The number of carbonyl (C=O) groups is 2. The normalized spacial score (nSPS) is 20.9. The average molecular weight is 401 g/mol. The summed E-state index contributed by atoms with van der Waals surface area (Å²) in [6.07, 6.45) is 3.31. The van der Waals surface area contributed by atoms with Crippen molar-refractivity contribution in [3.8, 4) is 0 Å². The molecule has 1 aromatic rings. The highest BCUT2D eigenvalue weighted by atomic mass is 16.2. The lowest BCUT2D eigenvalue weighted by Gasteiger charge is -2.33. The number of nitrogens with zero attached hydrogens (tertiary/aromatic N) is 1. The van der Waals surface area contributed by atoms with Gasteiger partial charge in [0.25, 0.3) is 11.8 Å². The van der Waals surface area contributed by atoms with Gasteiger partial charge in [-0.15, -0.1) is 0 Å². The molecule has 0 spiro atoms. The minimum Gasteiger partial charge on any atom is -0.347 e. The third kappa shape index (κ3) is 6.68. The molecule has 3 rings (SSSR count). The summed E-state index contributed by atoms with van der Waals surface area (Å²) in [5, 5.41) is 3.02. The maximum atomic E-state index is 12.7. The number of piperazine rings is 1. The van der Waals surface area contributed by atoms with Crippen molar-refractivity contribution in [3.05, 3.63) is 42.0 Å². The van der Waals surface area contributed by atoms with Crippen molar-refractivity contribution in [2.75, 3.05) is 52.4 Å². The Bertz CT molecular complexity index is 731. The van der Waals surface area contributed by atoms with E-state index in [-0.39, 0.29) is 17.4 Å². The molecule has 2 amide bonds. The van der Waals surface area contributed by atoms with E-state index in [1.165, 1.54) is 20.9 Å². The number of quaternary nitrogens is 2. The van der Waals surface area contributed by atoms with Crippen molar-refractivity contribution in [1.29, 1.82) is 0 Å². The molecule has 6 nitrogen and oxygen atoms in total. The summed E-state index contributed by atoms with van der Waals surface area (Å²) in [6, 6.07) is 10.5. The molecule has 3 N–H and O–H groups in total. The molecule has 2 aliphatic heterocycles. The Hall–Kier alpha value is -2.18. The SMILES string of the molecule is CC(C)(C)NC(=O)C[NH+]1CCN(C(=O)C[NH+]2CC=C(c3ccccc3)CC2)CC1. The van der Waals surface area contributed by atoms with Gasteiger partial charge in [-0.05, 0) is 38.0 Å². The van der Waals surface area contributed by atoms with Gasteiger partial charge in [-0.25, -0.2) is 0 Å². The van der Waals surface area contributed by atoms with Crippen LogP contribution < -0.4 is 15.1 Å². The van der Waals surface area contributed by atoms with Crippen molar-refractivity contribution >= 4 is 17.4 Å². The second-order valence-corrected chi connectivity index (χ2v) is 9.33. The Labute approximate surface area is 174 Å². The first-order chi connectivity index (χ1) is 13.8.